The number of esters is 5. The van der Waals surface area contributed by atoms with Gasteiger partial charge in [0.25, 0.3) is 0 Å². The first-order chi connectivity index (χ1) is 50.4. The average Bonchev–Trinajstić information content (AvgIpc) is 1.58. The summed E-state index contributed by atoms with van der Waals surface area (Å²) in [7, 11) is -26.3. The summed E-state index contributed by atoms with van der Waals surface area (Å²) in [6.07, 6.45) is 7.69. The van der Waals surface area contributed by atoms with Gasteiger partial charge >= 0.3 is 45.6 Å². The number of carbonyl (C=O) groups excluding carboxylic acids is 5. The third-order valence-corrected chi connectivity index (χ3v) is 23.1. The third kappa shape index (κ3) is 30.3. The molecule has 5 saturated heterocycles. The second-order valence-corrected chi connectivity index (χ2v) is 34.8. The Morgan fingerprint density at radius 3 is 1.34 bits per heavy atom. The molecule has 0 aromatic heterocycles. The molecule has 15 unspecified atom stereocenters. The molecule has 5 aliphatic carbocycles. The summed E-state index contributed by atoms with van der Waals surface area (Å²) < 4.78 is 293. The lowest BCUT2D eigenvalue weighted by atomic mass is 9.80. The van der Waals surface area contributed by atoms with Gasteiger partial charge in [-0.1, -0.05) is 48.5 Å². The number of epoxide rings is 5. The van der Waals surface area contributed by atoms with E-state index in [2.05, 4.69) is 18.9 Å². The molecule has 10 aliphatic rings. The Bertz CT molecular complexity index is 4240. The van der Waals surface area contributed by atoms with E-state index < -0.39 is 153 Å². The number of alkyl halides is 6. The van der Waals surface area contributed by atoms with Crippen molar-refractivity contribution in [1.29, 1.82) is 0 Å². The van der Waals surface area contributed by atoms with Crippen LogP contribution in [-0.4, -0.2) is 226 Å². The maximum Gasteiger partial charge on any atom is 0.367 e. The first-order valence-electron chi connectivity index (χ1n) is 33.7. The van der Waals surface area contributed by atoms with E-state index in [1.54, 1.807) is 42.5 Å². The Kier molecular flexibility index (Phi) is 35.6. The molecular weight excluding hydrogens is 1630 g/mol. The molecule has 3 aromatic rings. The fraction of sp³-hybridized carbons (Fsp3) is 0.600. The smallest absolute Gasteiger partial charge is 0.367 e. The van der Waals surface area contributed by atoms with Crippen molar-refractivity contribution in [2.75, 3.05) is 90.8 Å². The van der Waals surface area contributed by atoms with Gasteiger partial charge in [0.1, 0.15) is 43.7 Å². The highest BCUT2D eigenvalue weighted by Crippen LogP contribution is 2.61. The van der Waals surface area contributed by atoms with E-state index in [1.165, 1.54) is 12.1 Å². The number of ether oxygens (including phenoxy) is 12. The van der Waals surface area contributed by atoms with Crippen molar-refractivity contribution in [3.8, 4) is 0 Å². The van der Waals surface area contributed by atoms with E-state index in [4.69, 9.17) is 37.9 Å². The number of rotatable bonds is 30. The monoisotopic (exact) mass is 1720 g/mol. The topological polar surface area (TPSA) is 499 Å². The molecule has 0 N–H and O–H groups in total. The lowest BCUT2D eigenvalue weighted by Gasteiger charge is -2.31. The molecule has 5 heterocycles. The summed E-state index contributed by atoms with van der Waals surface area (Å²) in [5, 5.41) is -13.8. The lowest BCUT2D eigenvalue weighted by Crippen LogP contribution is -2.35. The van der Waals surface area contributed by atoms with Crippen molar-refractivity contribution < 1.29 is 172 Å². The van der Waals surface area contributed by atoms with Crippen molar-refractivity contribution in [2.45, 2.75) is 123 Å². The van der Waals surface area contributed by atoms with Crippen molar-refractivity contribution in [3.05, 3.63) is 143 Å². The molecule has 43 heteroatoms. The highest BCUT2D eigenvalue weighted by Gasteiger charge is 2.58. The molecule has 32 nitrogen and oxygen atoms in total. The van der Waals surface area contributed by atoms with Gasteiger partial charge in [-0.2, -0.15) is 26.3 Å². The van der Waals surface area contributed by atoms with Crippen LogP contribution in [0.25, 0.3) is 0 Å². The molecular formula is C70H90F6O32S5. The van der Waals surface area contributed by atoms with Crippen LogP contribution in [0.5, 0.6) is 0 Å². The predicted octanol–water partition coefficient (Wildman–Crippen LogP) is 6.56. The molecule has 113 heavy (non-hydrogen) atoms. The van der Waals surface area contributed by atoms with Gasteiger partial charge in [0, 0.05) is 37.1 Å². The molecule has 2 bridgehead atoms. The second kappa shape index (κ2) is 40.9. The van der Waals surface area contributed by atoms with Crippen LogP contribution in [0.2, 0.25) is 0 Å². The zero-order valence-corrected chi connectivity index (χ0v) is 66.0. The molecule has 10 fully saturated rings. The SMILES string of the molecule is O=C(Cc1ccc(C2CO2)cc1)OCCS(=O)(=O)[O-].O=C(OCC(F)(F)S(=O)(=O)[O-])C1CC2C3CC(OCC4CO4)C(C3)C2C1.O=C(OCC(F)(F)S(=O)(=O)[O-])C1CC2CCC(OCC3CO3)CC2C1.O=C(OCC(F)(F)S(=O)(=O)[O-])c1ccc(C2CO2)cc1.O=C(OCCS(=O)(=O)[O-])c1cccc(C2CO2)c1.[CH3+].[CH3+].[CH3+].[CH3+].[CH3+]. The zero-order valence-electron chi connectivity index (χ0n) is 61.9. The van der Waals surface area contributed by atoms with Crippen molar-refractivity contribution >= 4 is 80.4 Å². The first kappa shape index (κ1) is 98.6. The first-order valence-corrected chi connectivity index (χ1v) is 41.1. The Morgan fingerprint density at radius 2 is 0.858 bits per heavy atom. The number of fused-ring (bicyclic) bond motifs is 6. The van der Waals surface area contributed by atoms with Gasteiger partial charge in [-0.25, -0.2) is 51.7 Å². The van der Waals surface area contributed by atoms with Crippen LogP contribution in [0, 0.1) is 84.5 Å². The van der Waals surface area contributed by atoms with Crippen LogP contribution in [0.15, 0.2) is 72.8 Å². The number of halogens is 6. The summed E-state index contributed by atoms with van der Waals surface area (Å²) >= 11 is 0. The number of benzene rings is 3. The lowest BCUT2D eigenvalue weighted by molar-refractivity contribution is -0.155. The fourth-order valence-electron chi connectivity index (χ4n) is 13.3. The Morgan fingerprint density at radius 1 is 0.425 bits per heavy atom. The molecule has 634 valence electrons. The maximum atomic E-state index is 13.1. The van der Waals surface area contributed by atoms with Crippen LogP contribution >= 0.6 is 0 Å². The van der Waals surface area contributed by atoms with Crippen LogP contribution in [0.4, 0.5) is 26.3 Å². The molecule has 13 rings (SSSR count). The maximum absolute atomic E-state index is 13.1. The van der Waals surface area contributed by atoms with E-state index in [0.29, 0.717) is 87.3 Å². The average molecular weight is 1720 g/mol. The van der Waals surface area contributed by atoms with Crippen LogP contribution in [0.3, 0.4) is 0 Å². The van der Waals surface area contributed by atoms with Crippen molar-refractivity contribution in [1.82, 2.24) is 0 Å². The zero-order chi connectivity index (χ0) is 79.0. The summed E-state index contributed by atoms with van der Waals surface area (Å²) in [5.41, 5.74) is 3.81. The molecule has 5 aliphatic heterocycles. The third-order valence-electron chi connectivity index (χ3n) is 19.3. The number of hydrogen-bond acceptors (Lipinski definition) is 32. The van der Waals surface area contributed by atoms with Crippen LogP contribution < -0.4 is 0 Å². The number of hydrogen-bond donors (Lipinski definition) is 0. The predicted molar refractivity (Wildman–Crippen MR) is 376 cm³/mol. The van der Waals surface area contributed by atoms with Crippen LogP contribution in [0.1, 0.15) is 119 Å². The highest BCUT2D eigenvalue weighted by atomic mass is 32.2. The van der Waals surface area contributed by atoms with E-state index in [-0.39, 0.29) is 97.8 Å². The summed E-state index contributed by atoms with van der Waals surface area (Å²) in [4.78, 5) is 58.4. The summed E-state index contributed by atoms with van der Waals surface area (Å²) in [5.74, 6) is -4.44. The second-order valence-electron chi connectivity index (χ2n) is 27.2. The quantitative estimate of drug-likeness (QED) is 0.0170. The molecule has 3 aromatic carbocycles. The van der Waals surface area contributed by atoms with E-state index >= 15 is 0 Å². The Hall–Kier alpha value is -6.79. The van der Waals surface area contributed by atoms with E-state index in [9.17, 15) is 115 Å². The van der Waals surface area contributed by atoms with Gasteiger partial charge in [-0.15, -0.1) is 0 Å². The van der Waals surface area contributed by atoms with Gasteiger partial charge in [0.05, 0.1) is 120 Å². The minimum Gasteiger partial charge on any atom is -0.748 e. The van der Waals surface area contributed by atoms with Crippen molar-refractivity contribution in [2.24, 2.45) is 47.3 Å². The van der Waals surface area contributed by atoms with E-state index in [1.807, 2.05) is 18.2 Å². The van der Waals surface area contributed by atoms with Gasteiger partial charge in [0.2, 0.25) is 0 Å². The normalized spacial score (nSPS) is 26.6. The largest absolute Gasteiger partial charge is 0.748 e. The molecule has 0 amide bonds. The standard InChI is InChI=1S/C16H22F2O7S.C15H22F2O7S.C12H14O6S.C11H10F2O6S.C11H12O6S.5CH3/c17-16(18,26(20,21)22)7-25-15(19)9-2-11-8-1-13(12(11)3-9)14(4-8)24-6-10-5-23-10;16-15(17,25(19,20)21)8-24-14(18)11-3-9-1-2-12(5-10(9)4-11)22-6-13-7-23-13;13-12(17-5-6-19(14,15)16)7-9-1-3-10(4-2-9)11-8-18-11;12-11(13,20(15,16)17)6-19-10(14)8-3-1-7(2-4-8)9-5-18-9;12-11(16-4-5-18(13,14)15)9-3-1-2-8(6-9)10-7-17-10;;;;;/h8-14H,1-7H2,(H,20,21,22);9-13H,1-8H2,(H,19,20,21);1-4,11H,5-8H2,(H,14,15,16);1-4,9H,5-6H2,(H,15,16,17);1-3,6,10H,4-5,7H2,(H,13,14,15);5*1H3/q;;;;;5*+1/p-5. The summed E-state index contributed by atoms with van der Waals surface area (Å²) in [6.45, 7) is -1.52. The molecule has 0 spiro atoms. The number of carbonyl (C=O) groups is 5. The van der Waals surface area contributed by atoms with Gasteiger partial charge in [0.15, 0.2) is 50.2 Å². The van der Waals surface area contributed by atoms with Gasteiger partial charge in [-0.05, 0) is 140 Å². The Labute approximate surface area is 653 Å². The Balaban J connectivity index is 0.000000297. The van der Waals surface area contributed by atoms with Gasteiger partial charge < -0.3 is 79.6 Å². The highest BCUT2D eigenvalue weighted by molar-refractivity contribution is 7.87. The van der Waals surface area contributed by atoms with Gasteiger partial charge in [-0.3, -0.25) is 14.4 Å². The minimum atomic E-state index is -5.87. The van der Waals surface area contributed by atoms with Crippen molar-refractivity contribution in [3.63, 3.8) is 0 Å². The minimum absolute atomic E-state index is 0. The molecule has 15 atom stereocenters. The van der Waals surface area contributed by atoms with E-state index in [0.717, 1.165) is 74.2 Å². The fourth-order valence-corrected chi connectivity index (χ4v) is 14.5. The molecule has 0 radical (unpaired) electrons. The van der Waals surface area contributed by atoms with Crippen LogP contribution in [-0.2, 0) is 128 Å². The molecule has 5 saturated carbocycles. The summed E-state index contributed by atoms with van der Waals surface area (Å²) in [6, 6.07) is 19.9.